The van der Waals surface area contributed by atoms with Gasteiger partial charge in [0.2, 0.25) is 0 Å². The summed E-state index contributed by atoms with van der Waals surface area (Å²) < 4.78 is 34.4. The molecular formula is C66H114N2O12. The Hall–Kier alpha value is -4.46. The molecule has 1 saturated heterocycles. The summed E-state index contributed by atoms with van der Waals surface area (Å²) in [5.74, 6) is -1.38. The fourth-order valence-electron chi connectivity index (χ4n) is 9.66. The largest absolute Gasteiger partial charge is 0.465 e. The lowest BCUT2D eigenvalue weighted by molar-refractivity contribution is -0.155. The first-order valence-corrected chi connectivity index (χ1v) is 31.3. The van der Waals surface area contributed by atoms with Gasteiger partial charge in [-0.25, -0.2) is 4.79 Å². The van der Waals surface area contributed by atoms with Gasteiger partial charge in [-0.2, -0.15) is 0 Å². The van der Waals surface area contributed by atoms with Crippen molar-refractivity contribution >= 4 is 35.9 Å². The van der Waals surface area contributed by atoms with Crippen LogP contribution in [0.15, 0.2) is 48.6 Å². The predicted octanol–water partition coefficient (Wildman–Crippen LogP) is 15.5. The number of hydrogen-bond donors (Lipinski definition) is 1. The zero-order valence-corrected chi connectivity index (χ0v) is 52.0. The molecule has 0 bridgehead atoms. The van der Waals surface area contributed by atoms with Crippen molar-refractivity contribution in [1.29, 1.82) is 0 Å². The lowest BCUT2D eigenvalue weighted by atomic mass is 9.93. The first-order valence-electron chi connectivity index (χ1n) is 31.3. The molecule has 1 aliphatic heterocycles. The van der Waals surface area contributed by atoms with Crippen LogP contribution in [0.1, 0.15) is 255 Å². The number of nitrogens with one attached hydrogen (secondary N) is 1. The minimum absolute atomic E-state index is 0.0136. The maximum atomic E-state index is 13.2. The van der Waals surface area contributed by atoms with Crippen molar-refractivity contribution in [3.63, 3.8) is 0 Å². The topological polar surface area (TPSA) is 173 Å². The number of esters is 5. The zero-order valence-electron chi connectivity index (χ0n) is 52.0. The summed E-state index contributed by atoms with van der Waals surface area (Å²) in [6.07, 6.45) is 29.5. The first-order chi connectivity index (χ1) is 38.2. The SMILES string of the molecule is C=CC(C)(CCCCC(C)CCC=C(C)C)OC(=O)CCCCCC(=O)OCC(COC(=O)CCCCCC(=O)OC(C)(C=C)CCCC(C)CCC=C(C)C)COC(=O)CCC(CCCCCC)OC(=O)NCCN1CCCC1. The van der Waals surface area contributed by atoms with Crippen LogP contribution in [0.3, 0.4) is 0 Å². The number of alkyl carbamates (subject to hydrolysis) is 1. The summed E-state index contributed by atoms with van der Waals surface area (Å²) in [5, 5.41) is 2.86. The maximum Gasteiger partial charge on any atom is 0.407 e. The minimum Gasteiger partial charge on any atom is -0.465 e. The van der Waals surface area contributed by atoms with E-state index in [0.717, 1.165) is 103 Å². The first kappa shape index (κ1) is 73.6. The van der Waals surface area contributed by atoms with Crippen LogP contribution in [0, 0.1) is 17.8 Å². The molecule has 80 heavy (non-hydrogen) atoms. The highest BCUT2D eigenvalue weighted by atomic mass is 16.6. The highest BCUT2D eigenvalue weighted by Gasteiger charge is 2.27. The van der Waals surface area contributed by atoms with Gasteiger partial charge in [0, 0.05) is 45.2 Å². The molecular weight excluding hydrogens is 1010 g/mol. The van der Waals surface area contributed by atoms with Crippen LogP contribution in [-0.4, -0.2) is 104 Å². The Kier molecular flexibility index (Phi) is 41.5. The quantitative estimate of drug-likeness (QED) is 0.0264. The number of ether oxygens (including phenoxy) is 6. The monoisotopic (exact) mass is 1130 g/mol. The lowest BCUT2D eigenvalue weighted by Crippen LogP contribution is -2.35. The Morgan fingerprint density at radius 3 is 1.45 bits per heavy atom. The van der Waals surface area contributed by atoms with E-state index in [4.69, 9.17) is 28.4 Å². The van der Waals surface area contributed by atoms with Crippen molar-refractivity contribution < 1.29 is 57.2 Å². The minimum atomic E-state index is -0.731. The summed E-state index contributed by atoms with van der Waals surface area (Å²) in [5.41, 5.74) is 1.23. The van der Waals surface area contributed by atoms with Crippen molar-refractivity contribution in [3.05, 3.63) is 48.6 Å². The van der Waals surface area contributed by atoms with E-state index in [1.54, 1.807) is 12.2 Å². The van der Waals surface area contributed by atoms with Crippen LogP contribution in [0.25, 0.3) is 0 Å². The molecule has 0 aromatic heterocycles. The van der Waals surface area contributed by atoms with E-state index in [1.807, 2.05) is 13.8 Å². The number of amides is 1. The molecule has 1 rings (SSSR count). The second-order valence-electron chi connectivity index (χ2n) is 24.0. The summed E-state index contributed by atoms with van der Waals surface area (Å²) in [7, 11) is 0. The zero-order chi connectivity index (χ0) is 59.4. The van der Waals surface area contributed by atoms with Gasteiger partial charge in [0.25, 0.3) is 0 Å². The van der Waals surface area contributed by atoms with E-state index in [2.05, 4.69) is 84.0 Å². The average molecular weight is 1130 g/mol. The Balaban J connectivity index is 2.72. The van der Waals surface area contributed by atoms with Crippen LogP contribution in [0.4, 0.5) is 4.79 Å². The standard InChI is InChI=1S/C66H114N2O12/c1-12-15-16-19-37-58(78-64(74)67-46-49-68-47-26-27-48-68)42-43-61(71)77-52-57(51-76-60(70)39-21-18-23-41-63(73)80-66(11,14-3)45-30-36-56(9)35-29-32-54(6)7)50-75-59(69)38-20-17-22-40-62(72)79-65(10,13-2)44-25-24-33-55(8)34-28-31-53(4)5/h13-14,31-32,55-58H,2-3,12,15-30,33-52H2,1,4-11H3,(H,67,74). The number of likely N-dealkylation sites (tertiary alicyclic amines) is 1. The molecule has 14 nitrogen and oxygen atoms in total. The van der Waals surface area contributed by atoms with E-state index in [9.17, 15) is 28.8 Å². The van der Waals surface area contributed by atoms with Gasteiger partial charge in [-0.3, -0.25) is 24.0 Å². The van der Waals surface area contributed by atoms with Crippen molar-refractivity contribution in [2.45, 2.75) is 272 Å². The molecule has 1 heterocycles. The molecule has 6 atom stereocenters. The molecule has 1 N–H and O–H groups in total. The molecule has 0 spiro atoms. The number of unbranched alkanes of at least 4 members (excludes halogenated alkanes) is 8. The predicted molar refractivity (Wildman–Crippen MR) is 322 cm³/mol. The van der Waals surface area contributed by atoms with Gasteiger partial charge < -0.3 is 38.6 Å². The molecule has 6 unspecified atom stereocenters. The molecule has 460 valence electrons. The van der Waals surface area contributed by atoms with Crippen molar-refractivity contribution in [2.24, 2.45) is 17.8 Å². The van der Waals surface area contributed by atoms with E-state index in [1.165, 1.54) is 30.4 Å². The summed E-state index contributed by atoms with van der Waals surface area (Å²) in [4.78, 5) is 79.8. The number of carbonyl (C=O) groups excluding carboxylic acids is 6. The number of hydrogen-bond acceptors (Lipinski definition) is 13. The number of nitrogens with zero attached hydrogens (tertiary/aromatic N) is 1. The molecule has 1 amide bonds. The van der Waals surface area contributed by atoms with Crippen LogP contribution in [0.5, 0.6) is 0 Å². The smallest absolute Gasteiger partial charge is 0.407 e. The van der Waals surface area contributed by atoms with Crippen LogP contribution < -0.4 is 5.32 Å². The van der Waals surface area contributed by atoms with Gasteiger partial charge in [-0.05, 0) is 188 Å². The molecule has 1 fully saturated rings. The second-order valence-corrected chi connectivity index (χ2v) is 24.0. The molecule has 0 radical (unpaired) electrons. The Morgan fingerprint density at radius 2 is 0.975 bits per heavy atom. The third-order valence-corrected chi connectivity index (χ3v) is 15.2. The van der Waals surface area contributed by atoms with E-state index in [-0.39, 0.29) is 63.9 Å². The van der Waals surface area contributed by atoms with E-state index < -0.39 is 47.2 Å². The van der Waals surface area contributed by atoms with Crippen LogP contribution in [0.2, 0.25) is 0 Å². The Labute approximate surface area is 486 Å². The second kappa shape index (κ2) is 45.1. The molecule has 14 heteroatoms. The van der Waals surface area contributed by atoms with Gasteiger partial charge in [0.15, 0.2) is 0 Å². The third kappa shape index (κ3) is 40.7. The lowest BCUT2D eigenvalue weighted by Gasteiger charge is -2.26. The van der Waals surface area contributed by atoms with E-state index in [0.29, 0.717) is 76.2 Å². The number of rotatable bonds is 49. The van der Waals surface area contributed by atoms with Gasteiger partial charge in [-0.1, -0.05) is 109 Å². The van der Waals surface area contributed by atoms with Gasteiger partial charge in [0.05, 0.1) is 5.92 Å². The summed E-state index contributed by atoms with van der Waals surface area (Å²) >= 11 is 0. The number of carbonyl (C=O) groups is 6. The summed E-state index contributed by atoms with van der Waals surface area (Å²) in [6.45, 7) is 29.8. The molecule has 0 saturated carbocycles. The Bertz CT molecular complexity index is 1820. The normalized spacial score (nSPS) is 15.4. The highest BCUT2D eigenvalue weighted by molar-refractivity contribution is 5.72. The molecule has 0 aliphatic carbocycles. The Morgan fingerprint density at radius 1 is 0.537 bits per heavy atom. The fraction of sp³-hybridized carbons (Fsp3) is 0.788. The maximum absolute atomic E-state index is 13.2. The number of allylic oxidation sites excluding steroid dienone is 4. The van der Waals surface area contributed by atoms with Gasteiger partial charge in [0.1, 0.15) is 37.1 Å². The van der Waals surface area contributed by atoms with Crippen LogP contribution in [-0.2, 0) is 52.4 Å². The highest BCUT2D eigenvalue weighted by Crippen LogP contribution is 2.26. The van der Waals surface area contributed by atoms with Crippen molar-refractivity contribution in [2.75, 3.05) is 46.0 Å². The molecule has 1 aliphatic rings. The fourth-order valence-corrected chi connectivity index (χ4v) is 9.66. The molecule has 0 aromatic carbocycles. The van der Waals surface area contributed by atoms with Crippen LogP contribution >= 0.6 is 0 Å². The van der Waals surface area contributed by atoms with Crippen molar-refractivity contribution in [1.82, 2.24) is 10.2 Å². The molecule has 0 aromatic rings. The van der Waals surface area contributed by atoms with E-state index >= 15 is 0 Å². The third-order valence-electron chi connectivity index (χ3n) is 15.2. The van der Waals surface area contributed by atoms with Gasteiger partial charge in [-0.15, -0.1) is 0 Å². The summed E-state index contributed by atoms with van der Waals surface area (Å²) in [6, 6.07) is 0. The average Bonchev–Trinajstić information content (AvgIpc) is 3.93. The van der Waals surface area contributed by atoms with Gasteiger partial charge >= 0.3 is 35.9 Å². The van der Waals surface area contributed by atoms with Crippen molar-refractivity contribution in [3.8, 4) is 0 Å².